The molecule has 0 aliphatic rings. The Balaban J connectivity index is 0.000000160. The standard InChI is InChI=1S/C20H22N4O3.C19H19ClN4O2.C19H19FN4O2.C17H16ClN5O/c1-26-15-9-7-14(8-10-15)18-17(19(25)24(23-18)20(21)22)11-6-13-4-3-5-16(12-13)27-2;1-26-15-8-6-13(7-9-15)17-16(18(25)24(23-17)19(21)22)10-5-12-3-2-4-14(20)11-12;1-26-15-9-5-13(6-10-15)17-16(18(25)24(23-17)19(21)22)11-4-12-2-7-14(20)8-3-12;18-12-5-3-4-11(10-12)7-8-13-15(14-6-1-2-9-21-14)22-23(16(13)24)17(19)20/h3-5,7-10,12,23H,6,11H2,1-2H3,(H3,21,22);2-4,6-9,11,23H,5,10H2,1H3,(H3,21,22);2-3,5-10,23H,4,11H2,1H3,(H3,21,22);1-6,9-10,22H,7-8H2,(H3,19,20). The molecule has 0 fully saturated rings. The number of nitrogen functional groups attached to an aromatic ring is 4. The van der Waals surface area contributed by atoms with E-state index in [1.807, 2.05) is 140 Å². The van der Waals surface area contributed by atoms with E-state index >= 15 is 0 Å². The Labute approximate surface area is 600 Å². The maximum Gasteiger partial charge on any atom is 0.277 e. The Morgan fingerprint density at radius 3 is 1.02 bits per heavy atom. The van der Waals surface area contributed by atoms with Gasteiger partial charge < -0.3 is 41.9 Å². The predicted molar refractivity (Wildman–Crippen MR) is 401 cm³/mol. The normalized spacial score (nSPS) is 10.7. The molecule has 28 heteroatoms. The first-order valence-corrected chi connectivity index (χ1v) is 32.8. The molecule has 0 saturated heterocycles. The van der Waals surface area contributed by atoms with Gasteiger partial charge in [0.05, 0.1) is 56.9 Å². The van der Waals surface area contributed by atoms with Gasteiger partial charge in [0, 0.05) is 55.2 Å². The van der Waals surface area contributed by atoms with Gasteiger partial charge >= 0.3 is 0 Å². The number of rotatable bonds is 20. The molecule has 16 N–H and O–H groups in total. The first kappa shape index (κ1) is 74.5. The number of nitrogens with two attached hydrogens (primary N) is 4. The summed E-state index contributed by atoms with van der Waals surface area (Å²) in [5.74, 6) is 1.21. The number of nitrogens with zero attached hydrogens (tertiary/aromatic N) is 5. The average molecular weight is 1430 g/mol. The summed E-state index contributed by atoms with van der Waals surface area (Å²) in [6.45, 7) is 0. The number of aromatic nitrogens is 9. The molecule has 0 aliphatic carbocycles. The lowest BCUT2D eigenvalue weighted by molar-refractivity contribution is 0.414. The summed E-state index contributed by atoms with van der Waals surface area (Å²) in [6, 6.07) is 56.4. The summed E-state index contributed by atoms with van der Waals surface area (Å²) >= 11 is 12.0. The number of H-pyrrole nitrogens is 4. The zero-order valence-electron chi connectivity index (χ0n) is 56.6. The third kappa shape index (κ3) is 19.0. The van der Waals surface area contributed by atoms with Crippen molar-refractivity contribution in [3.05, 3.63) is 296 Å². The summed E-state index contributed by atoms with van der Waals surface area (Å²) in [5, 5.41) is 43.4. The summed E-state index contributed by atoms with van der Waals surface area (Å²) < 4.78 is 38.0. The van der Waals surface area contributed by atoms with Crippen LogP contribution in [0, 0.1) is 27.5 Å². The van der Waals surface area contributed by atoms with Gasteiger partial charge in [-0.25, -0.2) is 4.39 Å². The van der Waals surface area contributed by atoms with Gasteiger partial charge in [-0.3, -0.25) is 66.2 Å². The van der Waals surface area contributed by atoms with Crippen molar-refractivity contribution in [2.45, 2.75) is 51.4 Å². The van der Waals surface area contributed by atoms with Crippen LogP contribution >= 0.6 is 23.2 Å². The Bertz CT molecular complexity index is 5190. The molecule has 12 aromatic rings. The number of nitrogens with one attached hydrogen (secondary N) is 8. The predicted octanol–water partition coefficient (Wildman–Crippen LogP) is 10.4. The van der Waals surface area contributed by atoms with Gasteiger partial charge in [-0.05, 0) is 207 Å². The first-order valence-electron chi connectivity index (χ1n) is 32.0. The van der Waals surface area contributed by atoms with E-state index < -0.39 is 0 Å². The fraction of sp³-hybridized carbons (Fsp3) is 0.160. The topological polar surface area (TPSA) is 400 Å². The second kappa shape index (κ2) is 34.9. The molecule has 5 aromatic heterocycles. The third-order valence-electron chi connectivity index (χ3n) is 16.4. The van der Waals surface area contributed by atoms with E-state index in [1.54, 1.807) is 71.0 Å². The molecule has 0 amide bonds. The monoisotopic (exact) mass is 1430 g/mol. The number of ether oxygens (including phenoxy) is 4. The van der Waals surface area contributed by atoms with Crippen molar-refractivity contribution in [2.75, 3.05) is 28.4 Å². The molecule has 0 bridgehead atoms. The van der Waals surface area contributed by atoms with Crippen LogP contribution in [0.3, 0.4) is 0 Å². The molecule has 0 radical (unpaired) electrons. The maximum absolute atomic E-state index is 13.0. The van der Waals surface area contributed by atoms with Gasteiger partial charge in [-0.1, -0.05) is 77.8 Å². The van der Waals surface area contributed by atoms with Crippen molar-refractivity contribution >= 4 is 47.0 Å². The van der Waals surface area contributed by atoms with Gasteiger partial charge in [-0.15, -0.1) is 0 Å². The van der Waals surface area contributed by atoms with Crippen molar-refractivity contribution in [2.24, 2.45) is 22.9 Å². The summed E-state index contributed by atoms with van der Waals surface area (Å²) in [5.41, 5.74) is 32.6. The molecule has 0 unspecified atom stereocenters. The quantitative estimate of drug-likeness (QED) is 0.0250. The number of hydrogen-bond acceptors (Lipinski definition) is 13. The Morgan fingerprint density at radius 1 is 0.379 bits per heavy atom. The Morgan fingerprint density at radius 2 is 0.699 bits per heavy atom. The van der Waals surface area contributed by atoms with Crippen molar-refractivity contribution in [3.8, 4) is 68.2 Å². The molecule has 12 rings (SSSR count). The van der Waals surface area contributed by atoms with Crippen LogP contribution in [0.25, 0.3) is 45.2 Å². The zero-order chi connectivity index (χ0) is 73.9. The van der Waals surface area contributed by atoms with Crippen LogP contribution in [-0.2, 0) is 51.4 Å². The molecular weight excluding hydrogens is 1360 g/mol. The van der Waals surface area contributed by atoms with Crippen LogP contribution < -0.4 is 64.1 Å². The number of aryl methyl sites for hydroxylation is 4. The molecule has 0 spiro atoms. The molecule has 103 heavy (non-hydrogen) atoms. The summed E-state index contributed by atoms with van der Waals surface area (Å²) in [6.07, 6.45) is 6.09. The molecule has 0 aliphatic heterocycles. The van der Waals surface area contributed by atoms with E-state index in [2.05, 4.69) is 25.4 Å². The molecular formula is C75H76Cl2FN17O8. The number of hydrogen-bond donors (Lipinski definition) is 12. The van der Waals surface area contributed by atoms with Crippen molar-refractivity contribution in [1.29, 1.82) is 21.6 Å². The minimum Gasteiger partial charge on any atom is -0.497 e. The summed E-state index contributed by atoms with van der Waals surface area (Å²) in [7, 11) is 6.40. The van der Waals surface area contributed by atoms with Crippen molar-refractivity contribution in [1.82, 2.24) is 44.1 Å². The fourth-order valence-corrected chi connectivity index (χ4v) is 11.6. The number of halogens is 3. The van der Waals surface area contributed by atoms with Crippen LogP contribution in [0.15, 0.2) is 213 Å². The van der Waals surface area contributed by atoms with Crippen LogP contribution in [0.4, 0.5) is 4.39 Å². The lowest BCUT2D eigenvalue weighted by Gasteiger charge is -2.06. The molecule has 530 valence electrons. The molecule has 5 heterocycles. The lowest BCUT2D eigenvalue weighted by Crippen LogP contribution is -2.31. The van der Waals surface area contributed by atoms with Crippen LogP contribution in [0.5, 0.6) is 23.0 Å². The molecule has 7 aromatic carbocycles. The van der Waals surface area contributed by atoms with E-state index in [1.165, 1.54) is 12.1 Å². The highest BCUT2D eigenvalue weighted by atomic mass is 35.5. The van der Waals surface area contributed by atoms with E-state index in [4.69, 9.17) is 86.7 Å². The largest absolute Gasteiger partial charge is 0.497 e. The lowest BCUT2D eigenvalue weighted by atomic mass is 10.0. The fourth-order valence-electron chi connectivity index (χ4n) is 11.1. The zero-order valence-corrected chi connectivity index (χ0v) is 58.1. The Hall–Kier alpha value is -12.7. The Kier molecular flexibility index (Phi) is 25.2. The second-order valence-corrected chi connectivity index (χ2v) is 24.0. The van der Waals surface area contributed by atoms with Crippen molar-refractivity contribution < 1.29 is 23.3 Å². The van der Waals surface area contributed by atoms with E-state index in [0.29, 0.717) is 118 Å². The van der Waals surface area contributed by atoms with Gasteiger partial charge in [0.15, 0.2) is 0 Å². The molecule has 0 atom stereocenters. The second-order valence-electron chi connectivity index (χ2n) is 23.1. The SMILES string of the molecule is COc1ccc(-c2[nH]n(C(=N)N)c(=O)c2CCc2ccc(F)cc2)cc1.COc1ccc(-c2[nH]n(C(=N)N)c(=O)c2CCc2cccc(Cl)c2)cc1.COc1ccc(-c2[nH]n(C(=N)N)c(=O)c2CCc2cccc(OC)c2)cc1.N=C(N)n1[nH]c(-c2ccccn2)c(CCc2cccc(Cl)c2)c1=O. The van der Waals surface area contributed by atoms with E-state index in [9.17, 15) is 23.6 Å². The van der Waals surface area contributed by atoms with Crippen LogP contribution in [0.1, 0.15) is 44.5 Å². The minimum absolute atomic E-state index is 0.298. The van der Waals surface area contributed by atoms with Gasteiger partial charge in [0.2, 0.25) is 23.8 Å². The first-order chi connectivity index (χ1) is 49.6. The van der Waals surface area contributed by atoms with Gasteiger partial charge in [0.1, 0.15) is 28.8 Å². The third-order valence-corrected chi connectivity index (χ3v) is 16.9. The minimum atomic E-state index is -0.377. The van der Waals surface area contributed by atoms with Gasteiger partial charge in [-0.2, -0.15) is 18.7 Å². The smallest absolute Gasteiger partial charge is 0.277 e. The highest BCUT2D eigenvalue weighted by molar-refractivity contribution is 6.30. The number of methoxy groups -OCH3 is 4. The van der Waals surface area contributed by atoms with Crippen molar-refractivity contribution in [3.63, 3.8) is 0 Å². The molecule has 0 saturated carbocycles. The maximum atomic E-state index is 13.0. The number of aromatic amines is 4. The van der Waals surface area contributed by atoms with E-state index in [0.717, 1.165) is 74.9 Å². The van der Waals surface area contributed by atoms with Crippen LogP contribution in [-0.4, -0.2) is 96.4 Å². The van der Waals surface area contributed by atoms with Crippen LogP contribution in [0.2, 0.25) is 10.0 Å². The average Bonchev–Trinajstić information content (AvgIpc) is 1.68. The highest BCUT2D eigenvalue weighted by Crippen LogP contribution is 2.28. The van der Waals surface area contributed by atoms with E-state index in [-0.39, 0.29) is 51.9 Å². The highest BCUT2D eigenvalue weighted by Gasteiger charge is 2.22. The number of benzene rings is 7. The molecule has 25 nitrogen and oxygen atoms in total. The summed E-state index contributed by atoms with van der Waals surface area (Å²) in [4.78, 5) is 54.9. The van der Waals surface area contributed by atoms with Gasteiger partial charge in [0.25, 0.3) is 22.2 Å². The number of pyridine rings is 1.